The minimum atomic E-state index is 0.282. The molecule has 3 aromatic carbocycles. The fraction of sp³-hybridized carbons (Fsp3) is 0.333. The van der Waals surface area contributed by atoms with E-state index in [1.807, 2.05) is 72.8 Å². The normalized spacial score (nSPS) is 21.4. The molecule has 3 aromatic rings. The molecule has 174 valence electrons. The number of hydrogen-bond donors (Lipinski definition) is 3. The van der Waals surface area contributed by atoms with Gasteiger partial charge in [-0.05, 0) is 57.2 Å². The summed E-state index contributed by atoms with van der Waals surface area (Å²) in [6.45, 7) is 8.87. The molecule has 0 amide bonds. The van der Waals surface area contributed by atoms with Gasteiger partial charge in [-0.3, -0.25) is 0 Å². The van der Waals surface area contributed by atoms with Crippen molar-refractivity contribution >= 4 is 17.1 Å². The maximum absolute atomic E-state index is 5.57. The second kappa shape index (κ2) is 10.9. The molecule has 3 N–H and O–H groups in total. The Labute approximate surface area is 196 Å². The van der Waals surface area contributed by atoms with E-state index in [-0.39, 0.29) is 18.3 Å². The van der Waals surface area contributed by atoms with Crippen molar-refractivity contribution in [1.82, 2.24) is 0 Å². The quantitative estimate of drug-likeness (QED) is 0.415. The van der Waals surface area contributed by atoms with Crippen LogP contribution in [0.2, 0.25) is 0 Å². The van der Waals surface area contributed by atoms with Crippen LogP contribution in [-0.4, -0.2) is 37.9 Å². The number of rotatable bonds is 0. The fourth-order valence-electron chi connectivity index (χ4n) is 3.68. The zero-order valence-electron chi connectivity index (χ0n) is 19.5. The van der Waals surface area contributed by atoms with Crippen molar-refractivity contribution in [2.24, 2.45) is 0 Å². The summed E-state index contributed by atoms with van der Waals surface area (Å²) in [6, 6.07) is 24.0. The van der Waals surface area contributed by atoms with Crippen LogP contribution in [0.5, 0.6) is 17.2 Å². The number of para-hydroxylation sites is 6. The third kappa shape index (κ3) is 6.25. The molecule has 6 heteroatoms. The third-order valence-electron chi connectivity index (χ3n) is 5.39. The Kier molecular flexibility index (Phi) is 7.45. The number of nitrogens with one attached hydrogen (secondary N) is 3. The molecule has 0 saturated heterocycles. The van der Waals surface area contributed by atoms with E-state index in [9.17, 15) is 0 Å². The second-order valence-electron chi connectivity index (χ2n) is 8.42. The van der Waals surface area contributed by atoms with Gasteiger partial charge in [0.05, 0.1) is 36.7 Å². The number of hydrogen-bond acceptors (Lipinski definition) is 6. The monoisotopic (exact) mass is 447 g/mol. The molecular weight excluding hydrogens is 414 g/mol. The largest absolute Gasteiger partial charge is 0.487 e. The van der Waals surface area contributed by atoms with E-state index in [0.29, 0.717) is 0 Å². The van der Waals surface area contributed by atoms with Gasteiger partial charge in [0.25, 0.3) is 0 Å². The lowest BCUT2D eigenvalue weighted by molar-refractivity contribution is 0.226. The zero-order valence-corrected chi connectivity index (χ0v) is 19.5. The van der Waals surface area contributed by atoms with Crippen LogP contribution in [0.3, 0.4) is 0 Å². The molecule has 0 spiro atoms. The zero-order chi connectivity index (χ0) is 23.0. The first kappa shape index (κ1) is 22.6. The van der Waals surface area contributed by atoms with Gasteiger partial charge in [-0.15, -0.1) is 0 Å². The maximum atomic E-state index is 5.57. The van der Waals surface area contributed by atoms with Crippen molar-refractivity contribution in [3.8, 4) is 17.2 Å². The van der Waals surface area contributed by atoms with Gasteiger partial charge in [-0.2, -0.15) is 0 Å². The third-order valence-corrected chi connectivity index (χ3v) is 5.39. The Balaban J connectivity index is 0.000000118. The van der Waals surface area contributed by atoms with E-state index in [1.165, 1.54) is 0 Å². The van der Waals surface area contributed by atoms with Crippen LogP contribution >= 0.6 is 0 Å². The van der Waals surface area contributed by atoms with Gasteiger partial charge in [-0.1, -0.05) is 36.4 Å². The Bertz CT molecular complexity index is 910. The second-order valence-corrected chi connectivity index (χ2v) is 8.42. The summed E-state index contributed by atoms with van der Waals surface area (Å²) in [6.07, 6.45) is 0.847. The predicted molar refractivity (Wildman–Crippen MR) is 135 cm³/mol. The SMILES string of the molecule is CC1CNc2ccccc2O1.CC1CNc2ccccc2O1.CC1CNc2ccccc2O1. The predicted octanol–water partition coefficient (Wildman–Crippen LogP) is 5.64. The highest BCUT2D eigenvalue weighted by atomic mass is 16.5. The lowest BCUT2D eigenvalue weighted by atomic mass is 10.2. The van der Waals surface area contributed by atoms with Crippen LogP contribution < -0.4 is 30.2 Å². The highest BCUT2D eigenvalue weighted by Gasteiger charge is 2.14. The van der Waals surface area contributed by atoms with Crippen molar-refractivity contribution in [3.63, 3.8) is 0 Å². The molecule has 6 rings (SSSR count). The Hall–Kier alpha value is -3.54. The molecule has 0 fully saturated rings. The summed E-state index contributed by atoms with van der Waals surface area (Å²) in [7, 11) is 0. The van der Waals surface area contributed by atoms with E-state index >= 15 is 0 Å². The molecule has 3 aliphatic rings. The number of anilines is 3. The van der Waals surface area contributed by atoms with Crippen molar-refractivity contribution in [3.05, 3.63) is 72.8 Å². The van der Waals surface area contributed by atoms with Crippen LogP contribution in [0.25, 0.3) is 0 Å². The summed E-state index contributed by atoms with van der Waals surface area (Å²) in [5.41, 5.74) is 3.31. The molecule has 0 aromatic heterocycles. The van der Waals surface area contributed by atoms with Crippen molar-refractivity contribution in [1.29, 1.82) is 0 Å². The van der Waals surface area contributed by atoms with E-state index in [0.717, 1.165) is 53.9 Å². The Morgan fingerprint density at radius 2 is 0.758 bits per heavy atom. The summed E-state index contributed by atoms with van der Waals surface area (Å²) in [5.74, 6) is 2.89. The first-order valence-electron chi connectivity index (χ1n) is 11.6. The average molecular weight is 448 g/mol. The molecule has 3 heterocycles. The smallest absolute Gasteiger partial charge is 0.142 e. The minimum absolute atomic E-state index is 0.282. The van der Waals surface area contributed by atoms with E-state index < -0.39 is 0 Å². The number of fused-ring (bicyclic) bond motifs is 3. The van der Waals surface area contributed by atoms with E-state index in [1.54, 1.807) is 0 Å². The van der Waals surface area contributed by atoms with Gasteiger partial charge in [0.2, 0.25) is 0 Å². The first-order valence-corrected chi connectivity index (χ1v) is 11.6. The molecular formula is C27H33N3O3. The minimum Gasteiger partial charge on any atom is -0.487 e. The fourth-order valence-corrected chi connectivity index (χ4v) is 3.68. The van der Waals surface area contributed by atoms with Crippen molar-refractivity contribution in [2.75, 3.05) is 35.6 Å². The van der Waals surface area contributed by atoms with Gasteiger partial charge in [0.1, 0.15) is 35.6 Å². The maximum Gasteiger partial charge on any atom is 0.142 e. The van der Waals surface area contributed by atoms with Crippen molar-refractivity contribution in [2.45, 2.75) is 39.1 Å². The highest BCUT2D eigenvalue weighted by Crippen LogP contribution is 2.29. The highest BCUT2D eigenvalue weighted by molar-refractivity contribution is 5.59. The van der Waals surface area contributed by atoms with Gasteiger partial charge in [0.15, 0.2) is 0 Å². The summed E-state index contributed by atoms with van der Waals surface area (Å²) in [4.78, 5) is 0. The first-order chi connectivity index (χ1) is 16.1. The Morgan fingerprint density at radius 3 is 1.06 bits per heavy atom. The molecule has 3 unspecified atom stereocenters. The molecule has 0 bridgehead atoms. The molecule has 0 saturated carbocycles. The van der Waals surface area contributed by atoms with Crippen LogP contribution in [0.15, 0.2) is 72.8 Å². The summed E-state index contributed by atoms with van der Waals surface area (Å²) in [5, 5.41) is 9.86. The van der Waals surface area contributed by atoms with Crippen LogP contribution in [0, 0.1) is 0 Å². The summed E-state index contributed by atoms with van der Waals surface area (Å²) >= 11 is 0. The molecule has 3 atom stereocenters. The van der Waals surface area contributed by atoms with E-state index in [4.69, 9.17) is 14.2 Å². The molecule has 0 aliphatic carbocycles. The Morgan fingerprint density at radius 1 is 0.485 bits per heavy atom. The molecule has 0 radical (unpaired) electrons. The van der Waals surface area contributed by atoms with Crippen molar-refractivity contribution < 1.29 is 14.2 Å². The van der Waals surface area contributed by atoms with Gasteiger partial charge in [0, 0.05) is 0 Å². The van der Waals surface area contributed by atoms with Crippen LogP contribution in [0.4, 0.5) is 17.1 Å². The van der Waals surface area contributed by atoms with E-state index in [2.05, 4.69) is 36.7 Å². The van der Waals surface area contributed by atoms with Gasteiger partial charge in [-0.25, -0.2) is 0 Å². The lowest BCUT2D eigenvalue weighted by Crippen LogP contribution is -2.27. The summed E-state index contributed by atoms with van der Waals surface area (Å²) < 4.78 is 16.7. The van der Waals surface area contributed by atoms with Gasteiger partial charge >= 0.3 is 0 Å². The molecule has 6 nitrogen and oxygen atoms in total. The molecule has 3 aliphatic heterocycles. The lowest BCUT2D eigenvalue weighted by Gasteiger charge is -2.24. The van der Waals surface area contributed by atoms with Gasteiger partial charge < -0.3 is 30.2 Å². The standard InChI is InChI=1S/3C9H11NO/c3*1-7-6-10-8-4-2-3-5-9(8)11-7/h3*2-5,7,10H,6H2,1H3. The number of ether oxygens (including phenoxy) is 3. The topological polar surface area (TPSA) is 63.8 Å². The number of benzene rings is 3. The van der Waals surface area contributed by atoms with Crippen LogP contribution in [-0.2, 0) is 0 Å². The molecule has 33 heavy (non-hydrogen) atoms. The van der Waals surface area contributed by atoms with Crippen LogP contribution in [0.1, 0.15) is 20.8 Å². The average Bonchev–Trinajstić information content (AvgIpc) is 2.84.